The SMILES string of the molecule is Cc1c(NC(=O)c2ccc(=O)n(C)c2)cccc1NC(=O)C1CCCC1. The fraction of sp³-hybridized carbons (Fsp3) is 0.350. The average Bonchev–Trinajstić information content (AvgIpc) is 3.15. The van der Waals surface area contributed by atoms with E-state index in [-0.39, 0.29) is 23.3 Å². The second-order valence-electron chi connectivity index (χ2n) is 6.77. The molecule has 0 atom stereocenters. The quantitative estimate of drug-likeness (QED) is 0.886. The van der Waals surface area contributed by atoms with Gasteiger partial charge in [-0.15, -0.1) is 0 Å². The molecule has 0 aliphatic heterocycles. The number of nitrogens with one attached hydrogen (secondary N) is 2. The lowest BCUT2D eigenvalue weighted by Gasteiger charge is -2.15. The number of benzene rings is 1. The van der Waals surface area contributed by atoms with Crippen molar-refractivity contribution in [1.29, 1.82) is 0 Å². The molecule has 1 aromatic carbocycles. The molecule has 2 N–H and O–H groups in total. The minimum Gasteiger partial charge on any atom is -0.326 e. The first-order valence-electron chi connectivity index (χ1n) is 8.84. The van der Waals surface area contributed by atoms with Crippen molar-refractivity contribution in [1.82, 2.24) is 4.57 Å². The molecule has 3 rings (SSSR count). The van der Waals surface area contributed by atoms with Crippen LogP contribution in [0.5, 0.6) is 0 Å². The zero-order chi connectivity index (χ0) is 18.7. The third-order valence-corrected chi connectivity index (χ3v) is 4.91. The number of amides is 2. The summed E-state index contributed by atoms with van der Waals surface area (Å²) in [4.78, 5) is 36.3. The summed E-state index contributed by atoms with van der Waals surface area (Å²) in [5, 5.41) is 5.84. The summed E-state index contributed by atoms with van der Waals surface area (Å²) < 4.78 is 1.36. The number of aryl methyl sites for hydroxylation is 1. The molecule has 0 radical (unpaired) electrons. The van der Waals surface area contributed by atoms with Gasteiger partial charge in [-0.2, -0.15) is 0 Å². The Morgan fingerprint density at radius 3 is 2.35 bits per heavy atom. The molecule has 1 aliphatic carbocycles. The van der Waals surface area contributed by atoms with Crippen LogP contribution in [-0.4, -0.2) is 16.4 Å². The van der Waals surface area contributed by atoms with Crippen molar-refractivity contribution in [3.05, 3.63) is 58.0 Å². The van der Waals surface area contributed by atoms with Gasteiger partial charge >= 0.3 is 0 Å². The average molecular weight is 353 g/mol. The minimum atomic E-state index is -0.303. The van der Waals surface area contributed by atoms with E-state index < -0.39 is 0 Å². The Kier molecular flexibility index (Phi) is 5.21. The van der Waals surface area contributed by atoms with E-state index in [1.54, 1.807) is 19.2 Å². The van der Waals surface area contributed by atoms with E-state index in [2.05, 4.69) is 10.6 Å². The molecule has 0 saturated heterocycles. The van der Waals surface area contributed by atoms with Crippen molar-refractivity contribution in [2.75, 3.05) is 10.6 Å². The number of carbonyl (C=O) groups excluding carboxylic acids is 2. The van der Waals surface area contributed by atoms with Gasteiger partial charge in [0.05, 0.1) is 5.56 Å². The largest absolute Gasteiger partial charge is 0.326 e. The molecular formula is C20H23N3O3. The summed E-state index contributed by atoms with van der Waals surface area (Å²) in [6, 6.07) is 8.29. The number of carbonyl (C=O) groups is 2. The Bertz CT molecular complexity index is 895. The van der Waals surface area contributed by atoms with Crippen LogP contribution in [-0.2, 0) is 11.8 Å². The first-order chi connectivity index (χ1) is 12.5. The molecule has 1 saturated carbocycles. The van der Waals surface area contributed by atoms with Crippen LogP contribution in [0.25, 0.3) is 0 Å². The molecule has 0 spiro atoms. The highest BCUT2D eigenvalue weighted by molar-refractivity contribution is 6.05. The maximum Gasteiger partial charge on any atom is 0.257 e. The van der Waals surface area contributed by atoms with E-state index in [4.69, 9.17) is 0 Å². The second-order valence-corrected chi connectivity index (χ2v) is 6.77. The summed E-state index contributed by atoms with van der Waals surface area (Å²) in [7, 11) is 1.60. The van der Waals surface area contributed by atoms with Gasteiger partial charge < -0.3 is 15.2 Å². The fourth-order valence-electron chi connectivity index (χ4n) is 3.25. The highest BCUT2D eigenvalue weighted by Crippen LogP contribution is 2.28. The molecular weight excluding hydrogens is 330 g/mol. The highest BCUT2D eigenvalue weighted by atomic mass is 16.2. The lowest BCUT2D eigenvalue weighted by Crippen LogP contribution is -2.22. The van der Waals surface area contributed by atoms with Crippen LogP contribution in [0.2, 0.25) is 0 Å². The molecule has 6 nitrogen and oxygen atoms in total. The number of aromatic nitrogens is 1. The Labute approximate surface area is 152 Å². The predicted octanol–water partition coefficient (Wildman–Crippen LogP) is 3.07. The van der Waals surface area contributed by atoms with Gasteiger partial charge in [-0.1, -0.05) is 18.9 Å². The van der Waals surface area contributed by atoms with E-state index in [9.17, 15) is 14.4 Å². The monoisotopic (exact) mass is 353 g/mol. The molecule has 136 valence electrons. The van der Waals surface area contributed by atoms with Crippen LogP contribution >= 0.6 is 0 Å². The molecule has 1 aliphatic rings. The first-order valence-corrected chi connectivity index (χ1v) is 8.84. The van der Waals surface area contributed by atoms with Crippen molar-refractivity contribution in [2.45, 2.75) is 32.6 Å². The predicted molar refractivity (Wildman–Crippen MR) is 101 cm³/mol. The molecule has 1 aromatic heterocycles. The summed E-state index contributed by atoms with van der Waals surface area (Å²) >= 11 is 0. The van der Waals surface area contributed by atoms with Gasteiger partial charge in [0.1, 0.15) is 0 Å². The normalized spacial score (nSPS) is 14.2. The zero-order valence-corrected chi connectivity index (χ0v) is 15.0. The van der Waals surface area contributed by atoms with Crippen LogP contribution in [0, 0.1) is 12.8 Å². The number of pyridine rings is 1. The Morgan fingerprint density at radius 1 is 1.04 bits per heavy atom. The second kappa shape index (κ2) is 7.56. The zero-order valence-electron chi connectivity index (χ0n) is 15.0. The number of hydrogen-bond donors (Lipinski definition) is 2. The third-order valence-electron chi connectivity index (χ3n) is 4.91. The Morgan fingerprint density at radius 2 is 1.69 bits per heavy atom. The number of hydrogen-bond acceptors (Lipinski definition) is 3. The summed E-state index contributed by atoms with van der Waals surface area (Å²) in [5.74, 6) is -0.173. The molecule has 1 heterocycles. The van der Waals surface area contributed by atoms with E-state index in [0.29, 0.717) is 16.9 Å². The van der Waals surface area contributed by atoms with Crippen molar-refractivity contribution in [2.24, 2.45) is 13.0 Å². The fourth-order valence-corrected chi connectivity index (χ4v) is 3.25. The van der Waals surface area contributed by atoms with E-state index in [1.165, 1.54) is 22.9 Å². The van der Waals surface area contributed by atoms with Crippen LogP contribution in [0.15, 0.2) is 41.3 Å². The van der Waals surface area contributed by atoms with Crippen LogP contribution in [0.3, 0.4) is 0 Å². The van der Waals surface area contributed by atoms with Crippen LogP contribution in [0.4, 0.5) is 11.4 Å². The van der Waals surface area contributed by atoms with Gasteiger partial charge in [0.15, 0.2) is 0 Å². The maximum absolute atomic E-state index is 12.5. The third kappa shape index (κ3) is 3.85. The van der Waals surface area contributed by atoms with Gasteiger partial charge in [-0.25, -0.2) is 0 Å². The van der Waals surface area contributed by atoms with Crippen LogP contribution < -0.4 is 16.2 Å². The van der Waals surface area contributed by atoms with E-state index in [0.717, 1.165) is 31.2 Å². The molecule has 0 unspecified atom stereocenters. The number of anilines is 2. The summed E-state index contributed by atoms with van der Waals surface area (Å²) in [6.45, 7) is 1.86. The number of nitrogens with zero attached hydrogens (tertiary/aromatic N) is 1. The van der Waals surface area contributed by atoms with Crippen molar-refractivity contribution < 1.29 is 9.59 Å². The van der Waals surface area contributed by atoms with Crippen molar-refractivity contribution in [3.8, 4) is 0 Å². The minimum absolute atomic E-state index is 0.0483. The molecule has 26 heavy (non-hydrogen) atoms. The number of rotatable bonds is 4. The van der Waals surface area contributed by atoms with Gasteiger partial charge in [0.25, 0.3) is 5.91 Å². The summed E-state index contributed by atoms with van der Waals surface area (Å²) in [6.07, 6.45) is 5.58. The Hall–Kier alpha value is -2.89. The lowest BCUT2D eigenvalue weighted by atomic mass is 10.1. The Balaban J connectivity index is 1.75. The van der Waals surface area contributed by atoms with Gasteiger partial charge in [-0.05, 0) is 43.5 Å². The maximum atomic E-state index is 12.5. The van der Waals surface area contributed by atoms with Crippen molar-refractivity contribution >= 4 is 23.2 Å². The van der Waals surface area contributed by atoms with E-state index in [1.807, 2.05) is 13.0 Å². The topological polar surface area (TPSA) is 80.2 Å². The molecule has 6 heteroatoms. The molecule has 2 aromatic rings. The summed E-state index contributed by atoms with van der Waals surface area (Å²) in [5.41, 5.74) is 2.37. The van der Waals surface area contributed by atoms with Gasteiger partial charge in [0.2, 0.25) is 11.5 Å². The molecule has 1 fully saturated rings. The van der Waals surface area contributed by atoms with Crippen molar-refractivity contribution in [3.63, 3.8) is 0 Å². The molecule has 2 amide bonds. The molecule has 0 bridgehead atoms. The van der Waals surface area contributed by atoms with Gasteiger partial charge in [0, 0.05) is 36.6 Å². The standard InChI is InChI=1S/C20H23N3O3/c1-13-16(21-19(25)14-6-3-4-7-14)8-5-9-17(13)22-20(26)15-10-11-18(24)23(2)12-15/h5,8-12,14H,3-4,6-7H2,1-2H3,(H,21,25)(H,22,26). The lowest BCUT2D eigenvalue weighted by molar-refractivity contribution is -0.119. The smallest absolute Gasteiger partial charge is 0.257 e. The van der Waals surface area contributed by atoms with Crippen LogP contribution in [0.1, 0.15) is 41.6 Å². The van der Waals surface area contributed by atoms with E-state index >= 15 is 0 Å². The van der Waals surface area contributed by atoms with Gasteiger partial charge in [-0.3, -0.25) is 14.4 Å². The first kappa shape index (κ1) is 17.9. The highest BCUT2D eigenvalue weighted by Gasteiger charge is 2.23.